The largest absolute Gasteiger partial charge is 0.346 e. The summed E-state index contributed by atoms with van der Waals surface area (Å²) in [4.78, 5) is 11.2. The molecule has 15 heavy (non-hydrogen) atoms. The van der Waals surface area contributed by atoms with Crippen molar-refractivity contribution in [3.8, 4) is 0 Å². The molecule has 0 heterocycles. The number of carbonyl (C=O) groups excluding carboxylic acids is 1. The van der Waals surface area contributed by atoms with Gasteiger partial charge in [0.05, 0.1) is 6.04 Å². The number of fused-ring (bicyclic) bond motifs is 2. The topological polar surface area (TPSA) is 29.1 Å². The van der Waals surface area contributed by atoms with Gasteiger partial charge in [-0.2, -0.15) is 0 Å². The van der Waals surface area contributed by atoms with Crippen LogP contribution in [0.25, 0.3) is 0 Å². The zero-order chi connectivity index (χ0) is 11.2. The van der Waals surface area contributed by atoms with Crippen LogP contribution in [0.2, 0.25) is 0 Å². The highest BCUT2D eigenvalue weighted by molar-refractivity contribution is 5.87. The molecule has 0 aromatic heterocycles. The molecule has 0 spiro atoms. The van der Waals surface area contributed by atoms with Gasteiger partial charge in [0.1, 0.15) is 0 Å². The van der Waals surface area contributed by atoms with Crippen LogP contribution in [0, 0.1) is 17.3 Å². The van der Waals surface area contributed by atoms with Crippen molar-refractivity contribution in [1.82, 2.24) is 5.32 Å². The van der Waals surface area contributed by atoms with E-state index in [4.69, 9.17) is 0 Å². The molecule has 3 aliphatic rings. The normalized spacial score (nSPS) is 36.7. The van der Waals surface area contributed by atoms with Gasteiger partial charge in [-0.1, -0.05) is 32.6 Å². The van der Waals surface area contributed by atoms with E-state index in [1.54, 1.807) is 0 Å². The lowest BCUT2D eigenvalue weighted by Gasteiger charge is -2.59. The van der Waals surface area contributed by atoms with Gasteiger partial charge in [-0.05, 0) is 36.2 Å². The first-order valence-electron chi connectivity index (χ1n) is 5.58. The molecule has 3 saturated carbocycles. The fourth-order valence-corrected chi connectivity index (χ4v) is 3.11. The second-order valence-electron chi connectivity index (χ2n) is 5.38. The fraction of sp³-hybridized carbons (Fsp3) is 0.615. The third-order valence-corrected chi connectivity index (χ3v) is 4.39. The minimum Gasteiger partial charge on any atom is -0.346 e. The van der Waals surface area contributed by atoms with E-state index in [9.17, 15) is 4.79 Å². The third kappa shape index (κ3) is 1.43. The number of hydrogen-bond acceptors (Lipinski definition) is 1. The predicted octanol–water partition coefficient (Wildman–Crippen LogP) is 2.28. The van der Waals surface area contributed by atoms with Gasteiger partial charge in [-0.25, -0.2) is 0 Å². The Kier molecular flexibility index (Phi) is 2.25. The lowest BCUT2D eigenvalue weighted by Crippen LogP contribution is -2.57. The predicted molar refractivity (Wildman–Crippen MR) is 61.3 cm³/mol. The molecule has 0 radical (unpaired) electrons. The highest BCUT2D eigenvalue weighted by Gasteiger charge is 2.54. The molecule has 3 rings (SSSR count). The van der Waals surface area contributed by atoms with E-state index in [2.05, 4.69) is 32.3 Å². The summed E-state index contributed by atoms with van der Waals surface area (Å²) < 4.78 is 0. The van der Waals surface area contributed by atoms with Crippen molar-refractivity contribution in [2.24, 2.45) is 17.3 Å². The van der Waals surface area contributed by atoms with Crippen LogP contribution >= 0.6 is 0 Å². The van der Waals surface area contributed by atoms with E-state index in [1.807, 2.05) is 0 Å². The van der Waals surface area contributed by atoms with Gasteiger partial charge in [-0.3, -0.25) is 4.79 Å². The molecular weight excluding hydrogens is 186 g/mol. The SMILES string of the molecule is C=CC(=O)NC1C[C@H]2C[C@@H](C1=C)C2(C)C. The number of nitrogens with one attached hydrogen (secondary N) is 1. The summed E-state index contributed by atoms with van der Waals surface area (Å²) in [5, 5.41) is 2.96. The summed E-state index contributed by atoms with van der Waals surface area (Å²) in [5.74, 6) is 1.25. The highest BCUT2D eigenvalue weighted by atomic mass is 16.1. The average molecular weight is 205 g/mol. The van der Waals surface area contributed by atoms with Crippen LogP contribution in [-0.2, 0) is 4.79 Å². The first-order chi connectivity index (χ1) is 6.96. The Morgan fingerprint density at radius 1 is 1.53 bits per heavy atom. The number of rotatable bonds is 2. The Bertz CT molecular complexity index is 329. The summed E-state index contributed by atoms with van der Waals surface area (Å²) in [7, 11) is 0. The van der Waals surface area contributed by atoms with Crippen molar-refractivity contribution < 1.29 is 4.79 Å². The number of hydrogen-bond donors (Lipinski definition) is 1. The maximum Gasteiger partial charge on any atom is 0.243 e. The number of carbonyl (C=O) groups is 1. The zero-order valence-corrected chi connectivity index (χ0v) is 9.55. The molecule has 3 fully saturated rings. The molecular formula is C13H19NO. The molecule has 0 saturated heterocycles. The van der Waals surface area contributed by atoms with Crippen LogP contribution in [0.4, 0.5) is 0 Å². The second kappa shape index (κ2) is 3.22. The van der Waals surface area contributed by atoms with Crippen LogP contribution in [0.1, 0.15) is 26.7 Å². The van der Waals surface area contributed by atoms with Crippen molar-refractivity contribution in [3.63, 3.8) is 0 Å². The van der Waals surface area contributed by atoms with Crippen LogP contribution in [0.15, 0.2) is 24.8 Å². The Hall–Kier alpha value is -1.05. The molecule has 2 bridgehead atoms. The Morgan fingerprint density at radius 2 is 2.20 bits per heavy atom. The van der Waals surface area contributed by atoms with Crippen molar-refractivity contribution in [2.45, 2.75) is 32.7 Å². The Morgan fingerprint density at radius 3 is 2.67 bits per heavy atom. The first-order valence-corrected chi connectivity index (χ1v) is 5.58. The monoisotopic (exact) mass is 205 g/mol. The summed E-state index contributed by atoms with van der Waals surface area (Å²) >= 11 is 0. The van der Waals surface area contributed by atoms with Gasteiger partial charge in [0.15, 0.2) is 0 Å². The van der Waals surface area contributed by atoms with Crippen molar-refractivity contribution in [3.05, 3.63) is 24.8 Å². The third-order valence-electron chi connectivity index (χ3n) is 4.39. The van der Waals surface area contributed by atoms with Gasteiger partial charge in [0.2, 0.25) is 5.91 Å². The maximum atomic E-state index is 11.2. The molecule has 1 amide bonds. The maximum absolute atomic E-state index is 11.2. The lowest BCUT2D eigenvalue weighted by atomic mass is 9.46. The van der Waals surface area contributed by atoms with Crippen molar-refractivity contribution >= 4 is 5.91 Å². The van der Waals surface area contributed by atoms with E-state index in [-0.39, 0.29) is 11.9 Å². The standard InChI is InChI=1S/C13H19NO/c1-5-12(15)14-11-7-9-6-10(8(11)2)13(9,3)4/h5,9-11H,1-2,6-7H2,3-4H3,(H,14,15)/t9-,10+,11?/m1/s1. The Labute approximate surface area is 91.4 Å². The second-order valence-corrected chi connectivity index (χ2v) is 5.38. The summed E-state index contributed by atoms with van der Waals surface area (Å²) in [6, 6.07) is 0.173. The van der Waals surface area contributed by atoms with Gasteiger partial charge < -0.3 is 5.32 Å². The van der Waals surface area contributed by atoms with Gasteiger partial charge in [0, 0.05) is 0 Å². The molecule has 3 aliphatic carbocycles. The fourth-order valence-electron chi connectivity index (χ4n) is 3.11. The summed E-state index contributed by atoms with van der Waals surface area (Å²) in [6.07, 6.45) is 3.63. The van der Waals surface area contributed by atoms with Crippen LogP contribution in [0.3, 0.4) is 0 Å². The summed E-state index contributed by atoms with van der Waals surface area (Å²) in [6.45, 7) is 12.2. The molecule has 82 valence electrons. The van der Waals surface area contributed by atoms with E-state index in [1.165, 1.54) is 18.1 Å². The molecule has 0 aliphatic heterocycles. The lowest BCUT2D eigenvalue weighted by molar-refractivity contribution is -0.118. The molecule has 1 unspecified atom stereocenters. The van der Waals surface area contributed by atoms with E-state index < -0.39 is 0 Å². The van der Waals surface area contributed by atoms with Gasteiger partial charge >= 0.3 is 0 Å². The average Bonchev–Trinajstić information content (AvgIpc) is 2.19. The first kappa shape index (κ1) is 10.5. The van der Waals surface area contributed by atoms with E-state index in [0.717, 1.165) is 12.3 Å². The highest BCUT2D eigenvalue weighted by Crippen LogP contribution is 2.60. The van der Waals surface area contributed by atoms with Gasteiger partial charge in [-0.15, -0.1) is 0 Å². The molecule has 3 atom stereocenters. The molecule has 1 N–H and O–H groups in total. The van der Waals surface area contributed by atoms with Crippen LogP contribution in [0.5, 0.6) is 0 Å². The number of amides is 1. The molecule has 2 heteroatoms. The quantitative estimate of drug-likeness (QED) is 0.544. The Balaban J connectivity index is 2.06. The van der Waals surface area contributed by atoms with Crippen LogP contribution in [-0.4, -0.2) is 11.9 Å². The smallest absolute Gasteiger partial charge is 0.243 e. The van der Waals surface area contributed by atoms with Crippen molar-refractivity contribution in [1.29, 1.82) is 0 Å². The molecule has 0 aromatic rings. The van der Waals surface area contributed by atoms with Crippen LogP contribution < -0.4 is 5.32 Å². The molecule has 0 aromatic carbocycles. The van der Waals surface area contributed by atoms with Gasteiger partial charge in [0.25, 0.3) is 0 Å². The van der Waals surface area contributed by atoms with E-state index >= 15 is 0 Å². The minimum atomic E-state index is -0.0831. The summed E-state index contributed by atoms with van der Waals surface area (Å²) in [5.41, 5.74) is 1.60. The zero-order valence-electron chi connectivity index (χ0n) is 9.55. The van der Waals surface area contributed by atoms with E-state index in [0.29, 0.717) is 11.3 Å². The molecule has 2 nitrogen and oxygen atoms in total. The van der Waals surface area contributed by atoms with Crippen molar-refractivity contribution in [2.75, 3.05) is 0 Å². The minimum absolute atomic E-state index is 0.0831.